The maximum Gasteiger partial charge on any atom is 0.237 e. The van der Waals surface area contributed by atoms with Crippen molar-refractivity contribution in [2.75, 3.05) is 13.2 Å². The van der Waals surface area contributed by atoms with Crippen LogP contribution in [0.3, 0.4) is 0 Å². The Bertz CT molecular complexity index is 369. The van der Waals surface area contributed by atoms with E-state index in [1.165, 1.54) is 0 Å². The number of amides is 1. The summed E-state index contributed by atoms with van der Waals surface area (Å²) in [5, 5.41) is 0. The molecule has 0 bridgehead atoms. The van der Waals surface area contributed by atoms with E-state index in [2.05, 4.69) is 0 Å². The summed E-state index contributed by atoms with van der Waals surface area (Å²) in [5.41, 5.74) is 10.5. The van der Waals surface area contributed by atoms with Crippen molar-refractivity contribution in [1.29, 1.82) is 0 Å². The van der Waals surface area contributed by atoms with Crippen LogP contribution in [-0.2, 0) is 4.79 Å². The normalized spacial score (nSPS) is 11.9. The largest absolute Gasteiger partial charge is 0.490 e. The second-order valence-electron chi connectivity index (χ2n) is 3.62. The quantitative estimate of drug-likeness (QED) is 0.730. The van der Waals surface area contributed by atoms with Gasteiger partial charge in [0.05, 0.1) is 6.61 Å². The second kappa shape index (κ2) is 6.75. The lowest BCUT2D eigenvalue weighted by Gasteiger charge is -2.13. The molecule has 1 rings (SSSR count). The van der Waals surface area contributed by atoms with Gasteiger partial charge < -0.3 is 20.9 Å². The first-order valence-corrected chi connectivity index (χ1v) is 5.54. The first-order chi connectivity index (χ1) is 8.15. The minimum absolute atomic E-state index is 0.0435. The molecule has 0 heterocycles. The fourth-order valence-electron chi connectivity index (χ4n) is 1.16. The highest BCUT2D eigenvalue weighted by atomic mass is 16.5. The third-order valence-electron chi connectivity index (χ3n) is 2.09. The average molecular weight is 238 g/mol. The zero-order chi connectivity index (χ0) is 12.7. The molecule has 0 aliphatic rings. The molecule has 5 nitrogen and oxygen atoms in total. The molecule has 0 fully saturated rings. The zero-order valence-electron chi connectivity index (χ0n) is 9.89. The predicted octanol–water partition coefficient (Wildman–Crippen LogP) is 0.667. The number of nitrogens with two attached hydrogens (primary N) is 2. The maximum absolute atomic E-state index is 10.8. The molecule has 1 aromatic rings. The number of para-hydroxylation sites is 2. The third-order valence-corrected chi connectivity index (χ3v) is 2.09. The van der Waals surface area contributed by atoms with E-state index in [1.807, 2.05) is 19.1 Å². The summed E-state index contributed by atoms with van der Waals surface area (Å²) in [6.07, 6.45) is 0.912. The van der Waals surface area contributed by atoms with Crippen molar-refractivity contribution in [1.82, 2.24) is 0 Å². The monoisotopic (exact) mass is 238 g/mol. The van der Waals surface area contributed by atoms with Gasteiger partial charge in [0.2, 0.25) is 5.91 Å². The summed E-state index contributed by atoms with van der Waals surface area (Å²) in [5.74, 6) is 0.626. The van der Waals surface area contributed by atoms with E-state index in [1.54, 1.807) is 12.1 Å². The number of ether oxygens (including phenoxy) is 2. The van der Waals surface area contributed by atoms with Gasteiger partial charge in [-0.25, -0.2) is 0 Å². The molecule has 0 spiro atoms. The van der Waals surface area contributed by atoms with Gasteiger partial charge in [-0.2, -0.15) is 0 Å². The van der Waals surface area contributed by atoms with Crippen LogP contribution in [-0.4, -0.2) is 25.2 Å². The number of benzene rings is 1. The molecule has 1 amide bonds. The van der Waals surface area contributed by atoms with Gasteiger partial charge in [0.1, 0.15) is 12.6 Å². The Morgan fingerprint density at radius 2 is 1.88 bits per heavy atom. The molecule has 0 aliphatic heterocycles. The molecular formula is C12H18N2O3. The molecule has 0 saturated carbocycles. The van der Waals surface area contributed by atoms with E-state index in [9.17, 15) is 4.79 Å². The number of hydrogen-bond acceptors (Lipinski definition) is 4. The van der Waals surface area contributed by atoms with Gasteiger partial charge in [0.25, 0.3) is 0 Å². The van der Waals surface area contributed by atoms with E-state index < -0.39 is 11.9 Å². The van der Waals surface area contributed by atoms with Crippen LogP contribution in [0.25, 0.3) is 0 Å². The summed E-state index contributed by atoms with van der Waals surface area (Å²) in [6.45, 7) is 2.68. The highest BCUT2D eigenvalue weighted by Crippen LogP contribution is 2.26. The Kier molecular flexibility index (Phi) is 5.29. The van der Waals surface area contributed by atoms with Gasteiger partial charge in [-0.15, -0.1) is 0 Å². The topological polar surface area (TPSA) is 87.6 Å². The van der Waals surface area contributed by atoms with Crippen LogP contribution in [0.2, 0.25) is 0 Å². The summed E-state index contributed by atoms with van der Waals surface area (Å²) in [6, 6.07) is 6.43. The van der Waals surface area contributed by atoms with Crippen LogP contribution in [0.5, 0.6) is 11.5 Å². The van der Waals surface area contributed by atoms with Crippen molar-refractivity contribution in [2.45, 2.75) is 19.4 Å². The molecule has 0 aromatic heterocycles. The Hall–Kier alpha value is -1.75. The standard InChI is InChI=1S/C12H18N2O3/c1-2-7-16-10-5-3-4-6-11(10)17-8-9(13)12(14)15/h3-6,9H,2,7-8,13H2,1H3,(H2,14,15). The fourth-order valence-corrected chi connectivity index (χ4v) is 1.16. The molecule has 5 heteroatoms. The van der Waals surface area contributed by atoms with Crippen molar-refractivity contribution in [3.8, 4) is 11.5 Å². The smallest absolute Gasteiger partial charge is 0.237 e. The lowest BCUT2D eigenvalue weighted by molar-refractivity contribution is -0.119. The number of hydrogen-bond donors (Lipinski definition) is 2. The van der Waals surface area contributed by atoms with Crippen LogP contribution in [0.4, 0.5) is 0 Å². The number of rotatable bonds is 7. The number of primary amides is 1. The van der Waals surface area contributed by atoms with Crippen LogP contribution in [0, 0.1) is 0 Å². The Labute approximate surface area is 101 Å². The molecule has 0 saturated heterocycles. The summed E-state index contributed by atoms with van der Waals surface area (Å²) < 4.78 is 10.9. The van der Waals surface area contributed by atoms with Gasteiger partial charge in [-0.1, -0.05) is 19.1 Å². The van der Waals surface area contributed by atoms with E-state index in [-0.39, 0.29) is 6.61 Å². The second-order valence-corrected chi connectivity index (χ2v) is 3.62. The molecular weight excluding hydrogens is 220 g/mol. The lowest BCUT2D eigenvalue weighted by Crippen LogP contribution is -2.41. The average Bonchev–Trinajstić information content (AvgIpc) is 2.34. The third kappa shape index (κ3) is 4.32. The van der Waals surface area contributed by atoms with Crippen molar-refractivity contribution < 1.29 is 14.3 Å². The van der Waals surface area contributed by atoms with Gasteiger partial charge >= 0.3 is 0 Å². The van der Waals surface area contributed by atoms with Crippen LogP contribution < -0.4 is 20.9 Å². The Balaban J connectivity index is 2.60. The fraction of sp³-hybridized carbons (Fsp3) is 0.417. The van der Waals surface area contributed by atoms with Crippen LogP contribution in [0.15, 0.2) is 24.3 Å². The van der Waals surface area contributed by atoms with Gasteiger partial charge in [-0.05, 0) is 18.6 Å². The first-order valence-electron chi connectivity index (χ1n) is 5.54. The van der Waals surface area contributed by atoms with E-state index in [4.69, 9.17) is 20.9 Å². The Morgan fingerprint density at radius 3 is 2.41 bits per heavy atom. The highest BCUT2D eigenvalue weighted by Gasteiger charge is 2.11. The number of carbonyl (C=O) groups is 1. The van der Waals surface area contributed by atoms with Gasteiger partial charge in [-0.3, -0.25) is 4.79 Å². The van der Waals surface area contributed by atoms with E-state index in [0.717, 1.165) is 6.42 Å². The molecule has 0 radical (unpaired) electrons. The van der Waals surface area contributed by atoms with E-state index >= 15 is 0 Å². The maximum atomic E-state index is 10.8. The van der Waals surface area contributed by atoms with Gasteiger partial charge in [0.15, 0.2) is 11.5 Å². The molecule has 4 N–H and O–H groups in total. The predicted molar refractivity (Wildman–Crippen MR) is 64.9 cm³/mol. The summed E-state index contributed by atoms with van der Waals surface area (Å²) in [4.78, 5) is 10.8. The van der Waals surface area contributed by atoms with E-state index in [0.29, 0.717) is 18.1 Å². The SMILES string of the molecule is CCCOc1ccccc1OCC(N)C(N)=O. The molecule has 94 valence electrons. The molecule has 17 heavy (non-hydrogen) atoms. The first kappa shape index (κ1) is 13.3. The summed E-state index contributed by atoms with van der Waals surface area (Å²) in [7, 11) is 0. The Morgan fingerprint density at radius 1 is 1.29 bits per heavy atom. The lowest BCUT2D eigenvalue weighted by atomic mass is 10.3. The highest BCUT2D eigenvalue weighted by molar-refractivity contribution is 5.79. The minimum Gasteiger partial charge on any atom is -0.490 e. The van der Waals surface area contributed by atoms with Crippen molar-refractivity contribution in [3.05, 3.63) is 24.3 Å². The van der Waals surface area contributed by atoms with Crippen molar-refractivity contribution >= 4 is 5.91 Å². The van der Waals surface area contributed by atoms with Crippen molar-refractivity contribution in [2.24, 2.45) is 11.5 Å². The minimum atomic E-state index is -0.811. The zero-order valence-corrected chi connectivity index (χ0v) is 9.89. The summed E-state index contributed by atoms with van der Waals surface area (Å²) >= 11 is 0. The molecule has 1 unspecified atom stereocenters. The van der Waals surface area contributed by atoms with Crippen LogP contribution in [0.1, 0.15) is 13.3 Å². The van der Waals surface area contributed by atoms with Crippen molar-refractivity contribution in [3.63, 3.8) is 0 Å². The molecule has 1 aromatic carbocycles. The molecule has 1 atom stereocenters. The molecule has 0 aliphatic carbocycles. The number of carbonyl (C=O) groups excluding carboxylic acids is 1. The van der Waals surface area contributed by atoms with Gasteiger partial charge in [0, 0.05) is 0 Å². The van der Waals surface area contributed by atoms with Crippen LogP contribution >= 0.6 is 0 Å².